The van der Waals surface area contributed by atoms with Crippen LogP contribution in [-0.2, 0) is 6.54 Å². The quantitative estimate of drug-likeness (QED) is 0.849. The molecule has 1 unspecified atom stereocenters. The molecule has 4 nitrogen and oxygen atoms in total. The van der Waals surface area contributed by atoms with Crippen molar-refractivity contribution in [1.82, 2.24) is 9.88 Å². The molecule has 0 saturated heterocycles. The van der Waals surface area contributed by atoms with Crippen LogP contribution in [0.5, 0.6) is 5.75 Å². The number of nitrogens with two attached hydrogens (primary N) is 1. The van der Waals surface area contributed by atoms with Crippen molar-refractivity contribution in [3.05, 3.63) is 59.9 Å². The molecule has 0 bridgehead atoms. The zero-order chi connectivity index (χ0) is 15.1. The van der Waals surface area contributed by atoms with Crippen molar-refractivity contribution in [2.75, 3.05) is 20.2 Å². The summed E-state index contributed by atoms with van der Waals surface area (Å²) in [5.74, 6) is 0.897. The summed E-state index contributed by atoms with van der Waals surface area (Å²) in [6.07, 6.45) is 3.63. The lowest BCUT2D eigenvalue weighted by Gasteiger charge is -2.27. The Morgan fingerprint density at radius 1 is 1.14 bits per heavy atom. The zero-order valence-corrected chi connectivity index (χ0v) is 12.7. The van der Waals surface area contributed by atoms with Crippen molar-refractivity contribution < 1.29 is 4.74 Å². The van der Waals surface area contributed by atoms with Gasteiger partial charge in [-0.3, -0.25) is 9.88 Å². The number of hydrogen-bond acceptors (Lipinski definition) is 4. The Morgan fingerprint density at radius 3 is 2.38 bits per heavy atom. The lowest BCUT2D eigenvalue weighted by atomic mass is 10.0. The maximum absolute atomic E-state index is 5.97. The van der Waals surface area contributed by atoms with Gasteiger partial charge >= 0.3 is 0 Å². The van der Waals surface area contributed by atoms with E-state index in [-0.39, 0.29) is 6.04 Å². The molecule has 0 radical (unpaired) electrons. The Kier molecular flexibility index (Phi) is 5.72. The van der Waals surface area contributed by atoms with E-state index < -0.39 is 0 Å². The van der Waals surface area contributed by atoms with Gasteiger partial charge in [0.2, 0.25) is 0 Å². The third-order valence-corrected chi connectivity index (χ3v) is 3.51. The van der Waals surface area contributed by atoms with Crippen molar-refractivity contribution in [2.45, 2.75) is 19.5 Å². The second-order valence-corrected chi connectivity index (χ2v) is 5.02. The van der Waals surface area contributed by atoms with E-state index in [2.05, 4.69) is 29.1 Å². The van der Waals surface area contributed by atoms with Gasteiger partial charge in [-0.15, -0.1) is 0 Å². The summed E-state index contributed by atoms with van der Waals surface area (Å²) >= 11 is 0. The average Bonchev–Trinajstić information content (AvgIpc) is 2.51. The Hall–Kier alpha value is -1.91. The molecule has 4 heteroatoms. The van der Waals surface area contributed by atoms with Crippen LogP contribution in [0.25, 0.3) is 0 Å². The summed E-state index contributed by atoms with van der Waals surface area (Å²) in [6, 6.07) is 12.4. The number of rotatable bonds is 7. The molecule has 1 aromatic carbocycles. The number of nitrogens with zero attached hydrogens (tertiary/aromatic N) is 2. The fourth-order valence-corrected chi connectivity index (χ4v) is 2.41. The second kappa shape index (κ2) is 7.76. The fourth-order valence-electron chi connectivity index (χ4n) is 2.41. The van der Waals surface area contributed by atoms with Gasteiger partial charge in [0.25, 0.3) is 0 Å². The summed E-state index contributed by atoms with van der Waals surface area (Å²) in [6.45, 7) is 4.09. The highest BCUT2D eigenvalue weighted by Crippen LogP contribution is 2.22. The number of likely N-dealkylation sites (N-methyl/N-ethyl adjacent to an activating group) is 1. The first kappa shape index (κ1) is 15.5. The van der Waals surface area contributed by atoms with Crippen LogP contribution in [-0.4, -0.2) is 30.1 Å². The summed E-state index contributed by atoms with van der Waals surface area (Å²) < 4.78 is 5.48. The minimum atomic E-state index is 0.189. The van der Waals surface area contributed by atoms with Crippen molar-refractivity contribution in [3.8, 4) is 5.75 Å². The predicted octanol–water partition coefficient (Wildman–Crippen LogP) is 2.61. The van der Waals surface area contributed by atoms with Gasteiger partial charge in [0.05, 0.1) is 6.61 Å². The van der Waals surface area contributed by atoms with E-state index in [0.717, 1.165) is 12.3 Å². The van der Waals surface area contributed by atoms with Crippen molar-refractivity contribution in [2.24, 2.45) is 5.73 Å². The molecule has 0 aliphatic carbocycles. The summed E-state index contributed by atoms with van der Waals surface area (Å²) in [4.78, 5) is 6.30. The number of benzene rings is 1. The topological polar surface area (TPSA) is 51.4 Å². The van der Waals surface area contributed by atoms with E-state index >= 15 is 0 Å². The fraction of sp³-hybridized carbons (Fsp3) is 0.353. The Bertz CT molecular complexity index is 527. The Labute approximate surface area is 126 Å². The zero-order valence-electron chi connectivity index (χ0n) is 12.7. The largest absolute Gasteiger partial charge is 0.494 e. The molecule has 112 valence electrons. The van der Waals surface area contributed by atoms with Crippen LogP contribution in [0.3, 0.4) is 0 Å². The highest BCUT2D eigenvalue weighted by Gasteiger charge is 2.15. The van der Waals surface area contributed by atoms with Crippen molar-refractivity contribution in [1.29, 1.82) is 0 Å². The minimum absolute atomic E-state index is 0.189. The normalized spacial score (nSPS) is 12.4. The molecule has 2 rings (SSSR count). The van der Waals surface area contributed by atoms with Crippen LogP contribution >= 0.6 is 0 Å². The van der Waals surface area contributed by atoms with Gasteiger partial charge in [0, 0.05) is 31.5 Å². The molecule has 0 amide bonds. The third-order valence-electron chi connectivity index (χ3n) is 3.51. The molecule has 1 aromatic heterocycles. The van der Waals surface area contributed by atoms with Gasteiger partial charge in [-0.2, -0.15) is 0 Å². The van der Waals surface area contributed by atoms with Gasteiger partial charge in [-0.25, -0.2) is 0 Å². The highest BCUT2D eigenvalue weighted by atomic mass is 16.5. The Morgan fingerprint density at radius 2 is 1.81 bits per heavy atom. The number of pyridine rings is 1. The molecule has 0 saturated carbocycles. The SMILES string of the molecule is CCOc1ccc(C(CN)N(C)Cc2ccncc2)cc1. The minimum Gasteiger partial charge on any atom is -0.494 e. The number of ether oxygens (including phenoxy) is 1. The molecule has 2 aromatic rings. The van der Waals surface area contributed by atoms with Crippen LogP contribution in [0.15, 0.2) is 48.8 Å². The van der Waals surface area contributed by atoms with Gasteiger partial charge in [-0.05, 0) is 49.4 Å². The van der Waals surface area contributed by atoms with Crippen molar-refractivity contribution in [3.63, 3.8) is 0 Å². The van der Waals surface area contributed by atoms with Gasteiger partial charge in [0.1, 0.15) is 5.75 Å². The van der Waals surface area contributed by atoms with Gasteiger partial charge in [0.15, 0.2) is 0 Å². The van der Waals surface area contributed by atoms with Crippen LogP contribution in [0.2, 0.25) is 0 Å². The molecule has 1 atom stereocenters. The molecule has 21 heavy (non-hydrogen) atoms. The van der Waals surface area contributed by atoms with E-state index in [9.17, 15) is 0 Å². The molecule has 0 fully saturated rings. The lowest BCUT2D eigenvalue weighted by molar-refractivity contribution is 0.241. The summed E-state index contributed by atoms with van der Waals surface area (Å²) in [7, 11) is 2.09. The number of hydrogen-bond donors (Lipinski definition) is 1. The highest BCUT2D eigenvalue weighted by molar-refractivity contribution is 5.29. The molecule has 1 heterocycles. The van der Waals surface area contributed by atoms with Crippen LogP contribution in [0.4, 0.5) is 0 Å². The summed E-state index contributed by atoms with van der Waals surface area (Å²) in [5.41, 5.74) is 8.41. The van der Waals surface area contributed by atoms with E-state index in [0.29, 0.717) is 13.2 Å². The van der Waals surface area contributed by atoms with E-state index in [1.807, 2.05) is 43.6 Å². The molecular formula is C17H23N3O. The molecule has 0 aliphatic heterocycles. The molecular weight excluding hydrogens is 262 g/mol. The predicted molar refractivity (Wildman–Crippen MR) is 85.1 cm³/mol. The van der Waals surface area contributed by atoms with E-state index in [1.54, 1.807) is 0 Å². The van der Waals surface area contributed by atoms with Gasteiger partial charge < -0.3 is 10.5 Å². The maximum atomic E-state index is 5.97. The first-order valence-electron chi connectivity index (χ1n) is 7.26. The van der Waals surface area contributed by atoms with E-state index in [1.165, 1.54) is 11.1 Å². The van der Waals surface area contributed by atoms with Crippen LogP contribution in [0, 0.1) is 0 Å². The second-order valence-electron chi connectivity index (χ2n) is 5.02. The average molecular weight is 285 g/mol. The molecule has 0 spiro atoms. The summed E-state index contributed by atoms with van der Waals surface area (Å²) in [5, 5.41) is 0. The van der Waals surface area contributed by atoms with Crippen LogP contribution in [0.1, 0.15) is 24.1 Å². The first-order chi connectivity index (χ1) is 10.2. The molecule has 2 N–H and O–H groups in total. The maximum Gasteiger partial charge on any atom is 0.119 e. The number of aromatic nitrogens is 1. The standard InChI is InChI=1S/C17H23N3O/c1-3-21-16-6-4-15(5-7-16)17(12-18)20(2)13-14-8-10-19-11-9-14/h4-11,17H,3,12-13,18H2,1-2H3. The monoisotopic (exact) mass is 285 g/mol. The third kappa shape index (κ3) is 4.28. The smallest absolute Gasteiger partial charge is 0.119 e. The van der Waals surface area contributed by atoms with Crippen LogP contribution < -0.4 is 10.5 Å². The first-order valence-corrected chi connectivity index (χ1v) is 7.26. The van der Waals surface area contributed by atoms with Gasteiger partial charge in [-0.1, -0.05) is 12.1 Å². The lowest BCUT2D eigenvalue weighted by Crippen LogP contribution is -2.30. The van der Waals surface area contributed by atoms with E-state index in [4.69, 9.17) is 10.5 Å². The Balaban J connectivity index is 2.07. The van der Waals surface area contributed by atoms with Crippen molar-refractivity contribution >= 4 is 0 Å². The molecule has 0 aliphatic rings.